The van der Waals surface area contributed by atoms with Gasteiger partial charge in [-0.15, -0.1) is 0 Å². The summed E-state index contributed by atoms with van der Waals surface area (Å²) in [6.45, 7) is 3.75. The Morgan fingerprint density at radius 1 is 1.44 bits per heavy atom. The van der Waals surface area contributed by atoms with Crippen molar-refractivity contribution in [1.82, 2.24) is 5.32 Å². The molecular formula is C13H16N2O3. The molecule has 1 atom stereocenters. The largest absolute Gasteiger partial charge is 0.482 e. The number of nitrogens with one attached hydrogen (secondary N) is 2. The molecule has 0 bridgehead atoms. The minimum Gasteiger partial charge on any atom is -0.482 e. The van der Waals surface area contributed by atoms with Crippen LogP contribution in [0.5, 0.6) is 5.75 Å². The molecule has 18 heavy (non-hydrogen) atoms. The van der Waals surface area contributed by atoms with Crippen LogP contribution in [0.3, 0.4) is 0 Å². The first-order valence-electron chi connectivity index (χ1n) is 6.13. The Kier molecular flexibility index (Phi) is 2.93. The van der Waals surface area contributed by atoms with E-state index < -0.39 is 0 Å². The van der Waals surface area contributed by atoms with E-state index >= 15 is 0 Å². The average molecular weight is 248 g/mol. The van der Waals surface area contributed by atoms with Crippen molar-refractivity contribution in [3.05, 3.63) is 23.8 Å². The number of ether oxygens (including phenoxy) is 2. The van der Waals surface area contributed by atoms with Crippen LogP contribution in [0.25, 0.3) is 0 Å². The van der Waals surface area contributed by atoms with Crippen molar-refractivity contribution >= 4 is 11.6 Å². The Balaban J connectivity index is 1.75. The van der Waals surface area contributed by atoms with E-state index in [1.165, 1.54) is 0 Å². The first-order chi connectivity index (χ1) is 8.72. The van der Waals surface area contributed by atoms with Crippen molar-refractivity contribution in [3.63, 3.8) is 0 Å². The van der Waals surface area contributed by atoms with E-state index in [0.717, 1.165) is 30.2 Å². The lowest BCUT2D eigenvalue weighted by Crippen LogP contribution is -2.46. The summed E-state index contributed by atoms with van der Waals surface area (Å²) >= 11 is 0. The van der Waals surface area contributed by atoms with Crippen LogP contribution in [0.4, 0.5) is 5.69 Å². The highest BCUT2D eigenvalue weighted by Crippen LogP contribution is 2.30. The van der Waals surface area contributed by atoms with Gasteiger partial charge in [-0.25, -0.2) is 0 Å². The molecule has 1 amide bonds. The summed E-state index contributed by atoms with van der Waals surface area (Å²) in [6.07, 6.45) is 0. The number of carbonyl (C=O) groups excluding carboxylic acids is 1. The molecule has 0 aromatic heterocycles. The lowest BCUT2D eigenvalue weighted by Gasteiger charge is -2.30. The van der Waals surface area contributed by atoms with Gasteiger partial charge in [-0.2, -0.15) is 0 Å². The summed E-state index contributed by atoms with van der Waals surface area (Å²) in [4.78, 5) is 11.3. The van der Waals surface area contributed by atoms with E-state index in [0.29, 0.717) is 6.04 Å². The van der Waals surface area contributed by atoms with Gasteiger partial charge in [0.15, 0.2) is 6.61 Å². The molecule has 2 aliphatic rings. The maximum Gasteiger partial charge on any atom is 0.262 e. The lowest BCUT2D eigenvalue weighted by molar-refractivity contribution is -0.118. The number of fused-ring (bicyclic) bond motifs is 1. The van der Waals surface area contributed by atoms with Gasteiger partial charge in [-0.1, -0.05) is 6.07 Å². The lowest BCUT2D eigenvalue weighted by atomic mass is 10.1. The molecule has 0 saturated carbocycles. The minimum atomic E-state index is -0.104. The van der Waals surface area contributed by atoms with Crippen LogP contribution in [-0.4, -0.2) is 31.8 Å². The van der Waals surface area contributed by atoms with Gasteiger partial charge in [0.1, 0.15) is 5.75 Å². The van der Waals surface area contributed by atoms with Gasteiger partial charge in [0.25, 0.3) is 5.91 Å². The Morgan fingerprint density at radius 3 is 3.00 bits per heavy atom. The summed E-state index contributed by atoms with van der Waals surface area (Å²) in [5, 5.41) is 6.29. The predicted octanol–water partition coefficient (Wildman–Crippen LogP) is 1.07. The van der Waals surface area contributed by atoms with E-state index in [1.54, 1.807) is 0 Å². The first kappa shape index (κ1) is 11.5. The van der Waals surface area contributed by atoms with Crippen LogP contribution in [0.2, 0.25) is 0 Å². The molecule has 2 aliphatic heterocycles. The van der Waals surface area contributed by atoms with Gasteiger partial charge < -0.3 is 20.1 Å². The number of rotatable bonds is 3. The Bertz CT molecular complexity index is 471. The Labute approximate surface area is 105 Å². The third kappa shape index (κ3) is 2.19. The summed E-state index contributed by atoms with van der Waals surface area (Å²) in [6, 6.07) is 6.54. The van der Waals surface area contributed by atoms with E-state index in [9.17, 15) is 4.79 Å². The monoisotopic (exact) mass is 248 g/mol. The Morgan fingerprint density at radius 2 is 2.28 bits per heavy atom. The molecule has 96 valence electrons. The summed E-state index contributed by atoms with van der Waals surface area (Å²) in [5.41, 5.74) is 1.88. The molecule has 5 heteroatoms. The van der Waals surface area contributed by atoms with E-state index in [2.05, 4.69) is 17.6 Å². The highest BCUT2D eigenvalue weighted by molar-refractivity contribution is 5.95. The fraction of sp³-hybridized carbons (Fsp3) is 0.462. The van der Waals surface area contributed by atoms with Crippen LogP contribution >= 0.6 is 0 Å². The molecule has 1 unspecified atom stereocenters. The zero-order valence-corrected chi connectivity index (χ0v) is 10.2. The fourth-order valence-electron chi connectivity index (χ4n) is 2.15. The van der Waals surface area contributed by atoms with Crippen molar-refractivity contribution in [3.8, 4) is 5.75 Å². The molecule has 2 heterocycles. The molecule has 0 aliphatic carbocycles. The number of benzene rings is 1. The summed E-state index contributed by atoms with van der Waals surface area (Å²) in [5.74, 6) is 0.630. The van der Waals surface area contributed by atoms with Crippen LogP contribution in [-0.2, 0) is 9.53 Å². The number of hydrogen-bond donors (Lipinski definition) is 2. The highest BCUT2D eigenvalue weighted by Gasteiger charge is 2.22. The molecule has 5 nitrogen and oxygen atoms in total. The van der Waals surface area contributed by atoms with E-state index in [-0.39, 0.29) is 18.6 Å². The second-order valence-electron chi connectivity index (χ2n) is 4.72. The fourth-order valence-corrected chi connectivity index (χ4v) is 2.15. The van der Waals surface area contributed by atoms with Crippen molar-refractivity contribution in [2.24, 2.45) is 0 Å². The van der Waals surface area contributed by atoms with Crippen LogP contribution in [0.15, 0.2) is 18.2 Å². The minimum absolute atomic E-state index is 0.0968. The van der Waals surface area contributed by atoms with Gasteiger partial charge in [0.05, 0.1) is 24.9 Å². The molecule has 1 aromatic carbocycles. The van der Waals surface area contributed by atoms with E-state index in [1.807, 2.05) is 18.2 Å². The second kappa shape index (κ2) is 4.59. The van der Waals surface area contributed by atoms with Gasteiger partial charge >= 0.3 is 0 Å². The SMILES string of the molecule is CC(NC1COC1)c1ccc2c(c1)NC(=O)CO2. The van der Waals surface area contributed by atoms with Crippen LogP contribution in [0, 0.1) is 0 Å². The van der Waals surface area contributed by atoms with Gasteiger partial charge in [0, 0.05) is 6.04 Å². The summed E-state index contributed by atoms with van der Waals surface area (Å²) in [7, 11) is 0. The van der Waals surface area contributed by atoms with Crippen molar-refractivity contribution in [1.29, 1.82) is 0 Å². The second-order valence-corrected chi connectivity index (χ2v) is 4.72. The molecule has 1 fully saturated rings. The van der Waals surface area contributed by atoms with Crippen molar-refractivity contribution in [2.45, 2.75) is 19.0 Å². The van der Waals surface area contributed by atoms with Crippen LogP contribution in [0.1, 0.15) is 18.5 Å². The molecule has 1 aromatic rings. The number of amides is 1. The molecular weight excluding hydrogens is 232 g/mol. The predicted molar refractivity (Wildman–Crippen MR) is 66.7 cm³/mol. The molecule has 1 saturated heterocycles. The highest BCUT2D eigenvalue weighted by atomic mass is 16.5. The maximum absolute atomic E-state index is 11.3. The molecule has 3 rings (SSSR count). The third-order valence-corrected chi connectivity index (χ3v) is 3.26. The molecule has 0 spiro atoms. The number of carbonyl (C=O) groups is 1. The van der Waals surface area contributed by atoms with Gasteiger partial charge in [0.2, 0.25) is 0 Å². The Hall–Kier alpha value is -1.59. The smallest absolute Gasteiger partial charge is 0.262 e. The number of anilines is 1. The maximum atomic E-state index is 11.3. The summed E-state index contributed by atoms with van der Waals surface area (Å²) < 4.78 is 10.5. The average Bonchev–Trinajstić information content (AvgIpc) is 2.32. The normalized spacial score (nSPS) is 20.4. The quantitative estimate of drug-likeness (QED) is 0.840. The topological polar surface area (TPSA) is 59.6 Å². The van der Waals surface area contributed by atoms with Gasteiger partial charge in [-0.05, 0) is 24.6 Å². The van der Waals surface area contributed by atoms with Gasteiger partial charge in [-0.3, -0.25) is 4.79 Å². The van der Waals surface area contributed by atoms with Crippen LogP contribution < -0.4 is 15.4 Å². The number of hydrogen-bond acceptors (Lipinski definition) is 4. The van der Waals surface area contributed by atoms with Crippen molar-refractivity contribution < 1.29 is 14.3 Å². The standard InChI is InChI=1S/C13H16N2O3/c1-8(14-10-5-17-6-10)9-2-3-12-11(4-9)15-13(16)7-18-12/h2-4,8,10,14H,5-7H2,1H3,(H,15,16). The zero-order valence-electron chi connectivity index (χ0n) is 10.2. The molecule has 2 N–H and O–H groups in total. The third-order valence-electron chi connectivity index (χ3n) is 3.26. The van der Waals surface area contributed by atoms with E-state index in [4.69, 9.17) is 9.47 Å². The first-order valence-corrected chi connectivity index (χ1v) is 6.13. The van der Waals surface area contributed by atoms with Crippen molar-refractivity contribution in [2.75, 3.05) is 25.1 Å². The molecule has 0 radical (unpaired) electrons. The zero-order chi connectivity index (χ0) is 12.5.